The molecule has 2 atom stereocenters. The molecule has 1 aromatic rings. The van der Waals surface area contributed by atoms with Crippen molar-refractivity contribution < 1.29 is 33.0 Å². The second kappa shape index (κ2) is 7.44. The van der Waals surface area contributed by atoms with Gasteiger partial charge in [-0.1, -0.05) is 24.9 Å². The van der Waals surface area contributed by atoms with Crippen molar-refractivity contribution in [2.24, 2.45) is 5.41 Å². The predicted molar refractivity (Wildman–Crippen MR) is 88.0 cm³/mol. The molecule has 0 aliphatic carbocycles. The van der Waals surface area contributed by atoms with Crippen LogP contribution in [0.3, 0.4) is 0 Å². The molecule has 1 fully saturated rings. The van der Waals surface area contributed by atoms with Crippen molar-refractivity contribution in [3.63, 3.8) is 0 Å². The van der Waals surface area contributed by atoms with E-state index < -0.39 is 35.1 Å². The topological polar surface area (TPSA) is 77.8 Å². The fourth-order valence-electron chi connectivity index (χ4n) is 3.29. The van der Waals surface area contributed by atoms with Gasteiger partial charge < -0.3 is 15.1 Å². The van der Waals surface area contributed by atoms with E-state index in [1.54, 1.807) is 6.92 Å². The Labute approximate surface area is 153 Å². The number of β-amino-alcohol motifs (C(OH)–C–C–N with tert-alkyl or cyclic N) is 1. The zero-order valence-electron chi connectivity index (χ0n) is 14.0. The number of benzene rings is 1. The molecule has 0 spiro atoms. The highest BCUT2D eigenvalue weighted by Gasteiger charge is 2.48. The highest BCUT2D eigenvalue weighted by molar-refractivity contribution is 6.33. The number of hydrogen-bond acceptors (Lipinski definition) is 3. The van der Waals surface area contributed by atoms with Crippen molar-refractivity contribution >= 4 is 23.5 Å². The lowest BCUT2D eigenvalue weighted by atomic mass is 9.72. The van der Waals surface area contributed by atoms with Crippen LogP contribution in [0.5, 0.6) is 0 Å². The summed E-state index contributed by atoms with van der Waals surface area (Å²) in [4.78, 5) is 25.4. The largest absolute Gasteiger partial charge is 0.481 e. The van der Waals surface area contributed by atoms with Gasteiger partial charge in [0, 0.05) is 13.1 Å². The van der Waals surface area contributed by atoms with Gasteiger partial charge in [0.15, 0.2) is 0 Å². The molecule has 1 amide bonds. The Bertz CT molecular complexity index is 710. The average molecular weight is 394 g/mol. The van der Waals surface area contributed by atoms with Crippen LogP contribution in [0.15, 0.2) is 18.2 Å². The normalized spacial score (nSPS) is 23.8. The molecule has 1 aromatic carbocycles. The number of carbonyl (C=O) groups excluding carboxylic acids is 1. The fourth-order valence-corrected chi connectivity index (χ4v) is 3.49. The van der Waals surface area contributed by atoms with E-state index in [1.165, 1.54) is 0 Å². The number of carboxylic acids is 1. The summed E-state index contributed by atoms with van der Waals surface area (Å²) in [6, 6.07) is 2.44. The Kier molecular flexibility index (Phi) is 5.87. The number of nitrogens with zero attached hydrogens (tertiary/aromatic N) is 1. The number of aliphatic hydroxyl groups excluding tert-OH is 1. The standard InChI is InChI=1S/C17H19ClF3NO4/c1-2-5-16(15(25)26)6-7-22(9-13(16)23)14(24)11-8-10(17(19,20)21)3-4-12(11)18/h3-4,8,13,23H,2,5-7,9H2,1H3,(H,25,26)/t13-,16-/m0/s1. The number of aliphatic hydroxyl groups is 1. The van der Waals surface area contributed by atoms with Crippen LogP contribution in [-0.4, -0.2) is 46.2 Å². The number of hydrogen-bond donors (Lipinski definition) is 2. The third-order valence-corrected chi connectivity index (χ3v) is 5.12. The molecular weight excluding hydrogens is 375 g/mol. The third kappa shape index (κ3) is 3.81. The van der Waals surface area contributed by atoms with Crippen LogP contribution < -0.4 is 0 Å². The molecule has 2 rings (SSSR count). The van der Waals surface area contributed by atoms with Gasteiger partial charge >= 0.3 is 12.1 Å². The van der Waals surface area contributed by atoms with E-state index in [9.17, 15) is 33.0 Å². The van der Waals surface area contributed by atoms with Crippen LogP contribution in [0, 0.1) is 5.41 Å². The van der Waals surface area contributed by atoms with Crippen LogP contribution in [0.2, 0.25) is 5.02 Å². The molecular formula is C17H19ClF3NO4. The fraction of sp³-hybridized carbons (Fsp3) is 0.529. The van der Waals surface area contributed by atoms with Crippen LogP contribution in [0.25, 0.3) is 0 Å². The third-order valence-electron chi connectivity index (χ3n) is 4.79. The van der Waals surface area contributed by atoms with E-state index in [4.69, 9.17) is 11.6 Å². The van der Waals surface area contributed by atoms with Gasteiger partial charge in [-0.25, -0.2) is 0 Å². The number of carboxylic acid groups (broad SMARTS) is 1. The maximum absolute atomic E-state index is 12.9. The van der Waals surface area contributed by atoms with Gasteiger partial charge in [0.2, 0.25) is 0 Å². The molecule has 144 valence electrons. The zero-order chi connectivity index (χ0) is 19.7. The number of amides is 1. The van der Waals surface area contributed by atoms with Gasteiger partial charge in [-0.2, -0.15) is 13.2 Å². The molecule has 1 heterocycles. The lowest BCUT2D eigenvalue weighted by Gasteiger charge is -2.42. The Morgan fingerprint density at radius 2 is 2.04 bits per heavy atom. The summed E-state index contributed by atoms with van der Waals surface area (Å²) in [6.45, 7) is 1.52. The first-order chi connectivity index (χ1) is 12.0. The van der Waals surface area contributed by atoms with Gasteiger partial charge in [0.05, 0.1) is 27.7 Å². The molecule has 2 N–H and O–H groups in total. The molecule has 0 bridgehead atoms. The van der Waals surface area contributed by atoms with E-state index in [-0.39, 0.29) is 36.5 Å². The van der Waals surface area contributed by atoms with Gasteiger partial charge in [0.1, 0.15) is 0 Å². The van der Waals surface area contributed by atoms with E-state index in [2.05, 4.69) is 0 Å². The van der Waals surface area contributed by atoms with Gasteiger partial charge in [0.25, 0.3) is 5.91 Å². The quantitative estimate of drug-likeness (QED) is 0.821. The number of rotatable bonds is 4. The maximum atomic E-state index is 12.9. The summed E-state index contributed by atoms with van der Waals surface area (Å²) in [5, 5.41) is 19.7. The highest BCUT2D eigenvalue weighted by atomic mass is 35.5. The minimum atomic E-state index is -4.62. The lowest BCUT2D eigenvalue weighted by molar-refractivity contribution is -0.162. The highest BCUT2D eigenvalue weighted by Crippen LogP contribution is 2.38. The first kappa shape index (κ1) is 20.5. The molecule has 1 aliphatic rings. The Hall–Kier alpha value is -1.80. The number of halogens is 4. The summed E-state index contributed by atoms with van der Waals surface area (Å²) in [5.74, 6) is -1.91. The summed E-state index contributed by atoms with van der Waals surface area (Å²) < 4.78 is 38.6. The van der Waals surface area contributed by atoms with Crippen LogP contribution >= 0.6 is 11.6 Å². The molecule has 1 saturated heterocycles. The van der Waals surface area contributed by atoms with Crippen molar-refractivity contribution in [3.8, 4) is 0 Å². The number of aliphatic carboxylic acids is 1. The van der Waals surface area contributed by atoms with Crippen molar-refractivity contribution in [3.05, 3.63) is 34.3 Å². The summed E-state index contributed by atoms with van der Waals surface area (Å²) >= 11 is 5.88. The van der Waals surface area contributed by atoms with E-state index >= 15 is 0 Å². The van der Waals surface area contributed by atoms with Gasteiger partial charge in [-0.15, -0.1) is 0 Å². The minimum absolute atomic E-state index is 0.00870. The smallest absolute Gasteiger partial charge is 0.416 e. The number of piperidine rings is 1. The number of carbonyl (C=O) groups is 2. The number of alkyl halides is 3. The molecule has 0 saturated carbocycles. The summed E-state index contributed by atoms with van der Waals surface area (Å²) in [5.41, 5.74) is -2.69. The number of likely N-dealkylation sites (tertiary alicyclic amines) is 1. The van der Waals surface area contributed by atoms with Gasteiger partial charge in [-0.05, 0) is 31.0 Å². The Morgan fingerprint density at radius 1 is 1.38 bits per heavy atom. The molecule has 0 radical (unpaired) electrons. The van der Waals surface area contributed by atoms with Crippen molar-refractivity contribution in [2.45, 2.75) is 38.5 Å². The molecule has 1 aliphatic heterocycles. The zero-order valence-corrected chi connectivity index (χ0v) is 14.8. The van der Waals surface area contributed by atoms with E-state index in [0.29, 0.717) is 12.5 Å². The van der Waals surface area contributed by atoms with Crippen LogP contribution in [-0.2, 0) is 11.0 Å². The van der Waals surface area contributed by atoms with Gasteiger partial charge in [-0.3, -0.25) is 9.59 Å². The van der Waals surface area contributed by atoms with Crippen molar-refractivity contribution in [1.82, 2.24) is 4.90 Å². The first-order valence-corrected chi connectivity index (χ1v) is 8.48. The van der Waals surface area contributed by atoms with Crippen molar-refractivity contribution in [1.29, 1.82) is 0 Å². The monoisotopic (exact) mass is 393 g/mol. The maximum Gasteiger partial charge on any atom is 0.416 e. The SMILES string of the molecule is CCC[C@]1(C(=O)O)CCN(C(=O)c2cc(C(F)(F)F)ccc2Cl)C[C@@H]1O. The van der Waals surface area contributed by atoms with Crippen molar-refractivity contribution in [2.75, 3.05) is 13.1 Å². The molecule has 0 aromatic heterocycles. The van der Waals surface area contributed by atoms with E-state index in [1.807, 2.05) is 0 Å². The average Bonchev–Trinajstić information content (AvgIpc) is 2.55. The molecule has 0 unspecified atom stereocenters. The second-order valence-electron chi connectivity index (χ2n) is 6.42. The minimum Gasteiger partial charge on any atom is -0.481 e. The molecule has 5 nitrogen and oxygen atoms in total. The first-order valence-electron chi connectivity index (χ1n) is 8.10. The Balaban J connectivity index is 2.26. The Morgan fingerprint density at radius 3 is 2.54 bits per heavy atom. The van der Waals surface area contributed by atoms with E-state index in [0.717, 1.165) is 17.0 Å². The molecule has 26 heavy (non-hydrogen) atoms. The summed E-state index contributed by atoms with van der Waals surface area (Å²) in [7, 11) is 0. The molecule has 9 heteroatoms. The second-order valence-corrected chi connectivity index (χ2v) is 6.83. The van der Waals surface area contributed by atoms with Crippen LogP contribution in [0.1, 0.15) is 42.1 Å². The summed E-state index contributed by atoms with van der Waals surface area (Å²) in [6.07, 6.45) is -5.14. The van der Waals surface area contributed by atoms with Crippen LogP contribution in [0.4, 0.5) is 13.2 Å². The lowest BCUT2D eigenvalue weighted by Crippen LogP contribution is -2.56. The predicted octanol–water partition coefficient (Wildman–Crippen LogP) is 3.44.